The lowest BCUT2D eigenvalue weighted by molar-refractivity contribution is -0.0446. The van der Waals surface area contributed by atoms with Crippen LogP contribution in [-0.2, 0) is 15.9 Å². The predicted molar refractivity (Wildman–Crippen MR) is 61.8 cm³/mol. The maximum absolute atomic E-state index is 11.0. The van der Waals surface area contributed by atoms with Crippen molar-refractivity contribution in [3.05, 3.63) is 28.8 Å². The van der Waals surface area contributed by atoms with E-state index in [1.807, 2.05) is 6.92 Å². The monoisotopic (exact) mass is 237 g/mol. The van der Waals surface area contributed by atoms with Crippen molar-refractivity contribution >= 4 is 11.7 Å². The summed E-state index contributed by atoms with van der Waals surface area (Å²) in [7, 11) is 0. The summed E-state index contributed by atoms with van der Waals surface area (Å²) in [4.78, 5) is 11.0. The normalized spacial score (nSPS) is 16.3. The number of hydrogen-bond acceptors (Lipinski definition) is 4. The van der Waals surface area contributed by atoms with Crippen LogP contribution in [0.25, 0.3) is 0 Å². The number of ether oxygens (including phenoxy) is 2. The molecule has 1 heterocycles. The Hall–Kier alpha value is -1.59. The molecule has 0 amide bonds. The molecule has 1 aromatic carbocycles. The molecule has 17 heavy (non-hydrogen) atoms. The van der Waals surface area contributed by atoms with Gasteiger partial charge in [-0.3, -0.25) is 0 Å². The Kier molecular flexibility index (Phi) is 3.31. The molecule has 2 rings (SSSR count). The van der Waals surface area contributed by atoms with Crippen LogP contribution in [0.4, 0.5) is 5.69 Å². The van der Waals surface area contributed by atoms with Gasteiger partial charge in [0.2, 0.25) is 0 Å². The standard InChI is InChI=1S/C12H15NO4/c1-2-7-5-9(11(14)15)10(13)6-8(7)12-16-3-4-17-12/h5-6,12H,2-4,13H2,1H3,(H,14,15). The molecule has 1 aromatic rings. The van der Waals surface area contributed by atoms with Gasteiger partial charge in [-0.2, -0.15) is 0 Å². The summed E-state index contributed by atoms with van der Waals surface area (Å²) < 4.78 is 10.8. The maximum Gasteiger partial charge on any atom is 0.337 e. The Morgan fingerprint density at radius 3 is 2.65 bits per heavy atom. The molecule has 0 aromatic heterocycles. The van der Waals surface area contributed by atoms with Gasteiger partial charge in [0.1, 0.15) is 0 Å². The molecule has 1 aliphatic rings. The second-order valence-corrected chi connectivity index (χ2v) is 3.87. The summed E-state index contributed by atoms with van der Waals surface area (Å²) in [5.74, 6) is -1.02. The number of rotatable bonds is 3. The highest BCUT2D eigenvalue weighted by Crippen LogP contribution is 2.30. The number of aromatic carboxylic acids is 1. The Bertz CT molecular complexity index is 438. The van der Waals surface area contributed by atoms with E-state index in [1.165, 1.54) is 0 Å². The summed E-state index contributed by atoms with van der Waals surface area (Å²) in [6.45, 7) is 3.05. The summed E-state index contributed by atoms with van der Waals surface area (Å²) in [5.41, 5.74) is 7.81. The molecular formula is C12H15NO4. The second kappa shape index (κ2) is 4.73. The van der Waals surface area contributed by atoms with Crippen LogP contribution in [0.2, 0.25) is 0 Å². The number of hydrogen-bond donors (Lipinski definition) is 2. The maximum atomic E-state index is 11.0. The molecule has 0 aliphatic carbocycles. The number of nitrogens with two attached hydrogens (primary N) is 1. The quantitative estimate of drug-likeness (QED) is 0.780. The highest BCUT2D eigenvalue weighted by molar-refractivity contribution is 5.94. The molecule has 5 heteroatoms. The zero-order valence-corrected chi connectivity index (χ0v) is 9.60. The molecule has 5 nitrogen and oxygen atoms in total. The number of carboxylic acid groups (broad SMARTS) is 1. The number of carboxylic acids is 1. The zero-order valence-electron chi connectivity index (χ0n) is 9.60. The average molecular weight is 237 g/mol. The van der Waals surface area contributed by atoms with Gasteiger partial charge in [0.25, 0.3) is 0 Å². The highest BCUT2D eigenvalue weighted by atomic mass is 16.7. The first-order valence-electron chi connectivity index (χ1n) is 5.52. The summed E-state index contributed by atoms with van der Waals surface area (Å²) in [5, 5.41) is 9.00. The van der Waals surface area contributed by atoms with Gasteiger partial charge in [-0.15, -0.1) is 0 Å². The Morgan fingerprint density at radius 1 is 1.47 bits per heavy atom. The van der Waals surface area contributed by atoms with Gasteiger partial charge < -0.3 is 20.3 Å². The van der Waals surface area contributed by atoms with Crippen molar-refractivity contribution in [2.45, 2.75) is 19.6 Å². The van der Waals surface area contributed by atoms with Crippen LogP contribution in [0.5, 0.6) is 0 Å². The Morgan fingerprint density at radius 2 is 2.12 bits per heavy atom. The van der Waals surface area contributed by atoms with Crippen molar-refractivity contribution in [2.24, 2.45) is 0 Å². The van der Waals surface area contributed by atoms with Crippen molar-refractivity contribution in [3.63, 3.8) is 0 Å². The topological polar surface area (TPSA) is 81.8 Å². The van der Waals surface area contributed by atoms with Crippen molar-refractivity contribution in [1.82, 2.24) is 0 Å². The van der Waals surface area contributed by atoms with E-state index in [1.54, 1.807) is 12.1 Å². The third-order valence-electron chi connectivity index (χ3n) is 2.80. The zero-order chi connectivity index (χ0) is 12.4. The molecule has 1 saturated heterocycles. The Labute approximate surface area is 99.1 Å². The molecule has 92 valence electrons. The summed E-state index contributed by atoms with van der Waals surface area (Å²) in [6, 6.07) is 3.23. The lowest BCUT2D eigenvalue weighted by atomic mass is 9.99. The van der Waals surface area contributed by atoms with E-state index < -0.39 is 12.3 Å². The van der Waals surface area contributed by atoms with E-state index in [0.29, 0.717) is 19.6 Å². The number of carbonyl (C=O) groups is 1. The molecule has 1 aliphatic heterocycles. The molecular weight excluding hydrogens is 222 g/mol. The van der Waals surface area contributed by atoms with Crippen LogP contribution in [0.3, 0.4) is 0 Å². The van der Waals surface area contributed by atoms with E-state index in [9.17, 15) is 4.79 Å². The van der Waals surface area contributed by atoms with Gasteiger partial charge in [0.15, 0.2) is 6.29 Å². The van der Waals surface area contributed by atoms with E-state index >= 15 is 0 Å². The van der Waals surface area contributed by atoms with Crippen molar-refractivity contribution in [3.8, 4) is 0 Å². The van der Waals surface area contributed by atoms with Crippen LogP contribution < -0.4 is 5.73 Å². The minimum Gasteiger partial charge on any atom is -0.478 e. The van der Waals surface area contributed by atoms with Gasteiger partial charge in [-0.25, -0.2) is 4.79 Å². The Balaban J connectivity index is 2.44. The molecule has 0 radical (unpaired) electrons. The molecule has 3 N–H and O–H groups in total. The van der Waals surface area contributed by atoms with Crippen LogP contribution in [0.1, 0.15) is 34.7 Å². The largest absolute Gasteiger partial charge is 0.478 e. The van der Waals surface area contributed by atoms with Crippen LogP contribution in [0.15, 0.2) is 12.1 Å². The highest BCUT2D eigenvalue weighted by Gasteiger charge is 2.23. The van der Waals surface area contributed by atoms with Gasteiger partial charge in [-0.05, 0) is 24.1 Å². The van der Waals surface area contributed by atoms with Crippen molar-refractivity contribution < 1.29 is 19.4 Å². The van der Waals surface area contributed by atoms with E-state index in [-0.39, 0.29) is 11.3 Å². The first-order valence-corrected chi connectivity index (χ1v) is 5.52. The smallest absolute Gasteiger partial charge is 0.337 e. The molecule has 0 bridgehead atoms. The van der Waals surface area contributed by atoms with E-state index in [4.69, 9.17) is 20.3 Å². The summed E-state index contributed by atoms with van der Waals surface area (Å²) in [6.07, 6.45) is 0.286. The fourth-order valence-electron chi connectivity index (χ4n) is 1.93. The number of aryl methyl sites for hydroxylation is 1. The van der Waals surface area contributed by atoms with Gasteiger partial charge in [0, 0.05) is 11.3 Å². The summed E-state index contributed by atoms with van der Waals surface area (Å²) >= 11 is 0. The van der Waals surface area contributed by atoms with Crippen LogP contribution >= 0.6 is 0 Å². The molecule has 1 fully saturated rings. The van der Waals surface area contributed by atoms with Gasteiger partial charge in [0.05, 0.1) is 18.8 Å². The fraction of sp³-hybridized carbons (Fsp3) is 0.417. The number of nitrogen functional groups attached to an aromatic ring is 1. The van der Waals surface area contributed by atoms with Crippen LogP contribution in [-0.4, -0.2) is 24.3 Å². The van der Waals surface area contributed by atoms with Crippen LogP contribution in [0, 0.1) is 0 Å². The fourth-order valence-corrected chi connectivity index (χ4v) is 1.93. The molecule has 0 saturated carbocycles. The minimum atomic E-state index is -1.02. The number of anilines is 1. The first-order chi connectivity index (χ1) is 8.13. The number of benzene rings is 1. The van der Waals surface area contributed by atoms with Crippen molar-refractivity contribution in [2.75, 3.05) is 18.9 Å². The predicted octanol–water partition coefficient (Wildman–Crippen LogP) is 1.57. The van der Waals surface area contributed by atoms with E-state index in [0.717, 1.165) is 11.1 Å². The minimum absolute atomic E-state index is 0.128. The van der Waals surface area contributed by atoms with E-state index in [2.05, 4.69) is 0 Å². The van der Waals surface area contributed by atoms with Crippen molar-refractivity contribution in [1.29, 1.82) is 0 Å². The third-order valence-corrected chi connectivity index (χ3v) is 2.80. The SMILES string of the molecule is CCc1cc(C(=O)O)c(N)cc1C1OCCO1. The van der Waals surface area contributed by atoms with Gasteiger partial charge >= 0.3 is 5.97 Å². The molecule has 0 unspecified atom stereocenters. The first kappa shape index (κ1) is 11.9. The van der Waals surface area contributed by atoms with Gasteiger partial charge in [-0.1, -0.05) is 6.92 Å². The third kappa shape index (κ3) is 2.25. The lowest BCUT2D eigenvalue weighted by Gasteiger charge is -2.15. The molecule has 0 atom stereocenters. The average Bonchev–Trinajstić information content (AvgIpc) is 2.81. The second-order valence-electron chi connectivity index (χ2n) is 3.87. The molecule has 0 spiro atoms. The lowest BCUT2D eigenvalue weighted by Crippen LogP contribution is -2.09.